The standard InChI is InChI=1S/C19H29NO2/c1-14-5-3-6-15(2)20(14)12-18(21)13-22-19-10-9-16-7-4-8-17(16)11-19/h9-11,14-15,18,21H,3-8,12-13H2,1-2H3/t14-,15-,18-/m0/s1. The minimum Gasteiger partial charge on any atom is -0.491 e. The first-order valence-electron chi connectivity index (χ1n) is 8.82. The lowest BCUT2D eigenvalue weighted by atomic mass is 9.97. The average Bonchev–Trinajstić information content (AvgIpc) is 2.96. The van der Waals surface area contributed by atoms with Crippen LogP contribution in [0.3, 0.4) is 0 Å². The van der Waals surface area contributed by atoms with Gasteiger partial charge in [-0.1, -0.05) is 12.5 Å². The molecule has 1 N–H and O–H groups in total. The largest absolute Gasteiger partial charge is 0.491 e. The van der Waals surface area contributed by atoms with Crippen molar-refractivity contribution in [2.24, 2.45) is 0 Å². The van der Waals surface area contributed by atoms with E-state index in [-0.39, 0.29) is 0 Å². The Kier molecular flexibility index (Phi) is 5.04. The summed E-state index contributed by atoms with van der Waals surface area (Å²) >= 11 is 0. The predicted octanol–water partition coefficient (Wildman–Crippen LogP) is 3.18. The second-order valence-corrected chi connectivity index (χ2v) is 7.07. The SMILES string of the molecule is C[C@H]1CCC[C@H](C)N1C[C@H](O)COc1ccc2c(c1)CCC2. The molecule has 0 saturated carbocycles. The van der Waals surface area contributed by atoms with Crippen molar-refractivity contribution in [3.63, 3.8) is 0 Å². The fraction of sp³-hybridized carbons (Fsp3) is 0.684. The van der Waals surface area contributed by atoms with Gasteiger partial charge in [-0.2, -0.15) is 0 Å². The summed E-state index contributed by atoms with van der Waals surface area (Å²) < 4.78 is 5.83. The minimum absolute atomic E-state index is 0.384. The first-order chi connectivity index (χ1) is 10.6. The predicted molar refractivity (Wildman–Crippen MR) is 89.4 cm³/mol. The number of hydrogen-bond acceptors (Lipinski definition) is 3. The number of fused-ring (bicyclic) bond motifs is 1. The second-order valence-electron chi connectivity index (χ2n) is 7.07. The van der Waals surface area contributed by atoms with Crippen molar-refractivity contribution in [1.82, 2.24) is 4.90 Å². The number of benzene rings is 1. The van der Waals surface area contributed by atoms with E-state index in [1.54, 1.807) is 0 Å². The monoisotopic (exact) mass is 303 g/mol. The summed E-state index contributed by atoms with van der Waals surface area (Å²) in [7, 11) is 0. The van der Waals surface area contributed by atoms with Crippen molar-refractivity contribution in [2.45, 2.75) is 70.6 Å². The van der Waals surface area contributed by atoms with Crippen molar-refractivity contribution in [1.29, 1.82) is 0 Å². The molecule has 3 heteroatoms. The molecule has 0 amide bonds. The van der Waals surface area contributed by atoms with Gasteiger partial charge >= 0.3 is 0 Å². The topological polar surface area (TPSA) is 32.7 Å². The maximum atomic E-state index is 10.3. The van der Waals surface area contributed by atoms with Crippen LogP contribution in [0.15, 0.2) is 18.2 Å². The Labute approximate surface area is 134 Å². The highest BCUT2D eigenvalue weighted by Crippen LogP contribution is 2.26. The van der Waals surface area contributed by atoms with Crippen LogP contribution in [0.25, 0.3) is 0 Å². The van der Waals surface area contributed by atoms with Crippen LogP contribution >= 0.6 is 0 Å². The smallest absolute Gasteiger partial charge is 0.119 e. The summed E-state index contributed by atoms with van der Waals surface area (Å²) in [6, 6.07) is 7.51. The van der Waals surface area contributed by atoms with E-state index in [2.05, 4.69) is 30.9 Å². The van der Waals surface area contributed by atoms with Gasteiger partial charge in [-0.3, -0.25) is 4.90 Å². The summed E-state index contributed by atoms with van der Waals surface area (Å²) in [6.07, 6.45) is 6.98. The molecule has 1 fully saturated rings. The zero-order valence-electron chi connectivity index (χ0n) is 13.9. The molecule has 1 aliphatic heterocycles. The van der Waals surface area contributed by atoms with Crippen LogP contribution < -0.4 is 4.74 Å². The van der Waals surface area contributed by atoms with Crippen LogP contribution in [0.1, 0.15) is 50.7 Å². The highest BCUT2D eigenvalue weighted by atomic mass is 16.5. The zero-order chi connectivity index (χ0) is 15.5. The summed E-state index contributed by atoms with van der Waals surface area (Å²) in [5.41, 5.74) is 2.88. The van der Waals surface area contributed by atoms with Crippen LogP contribution in [0.2, 0.25) is 0 Å². The van der Waals surface area contributed by atoms with Gasteiger partial charge < -0.3 is 9.84 Å². The summed E-state index contributed by atoms with van der Waals surface area (Å²) in [4.78, 5) is 2.43. The first-order valence-corrected chi connectivity index (χ1v) is 8.82. The average molecular weight is 303 g/mol. The Hall–Kier alpha value is -1.06. The van der Waals surface area contributed by atoms with E-state index in [4.69, 9.17) is 4.74 Å². The van der Waals surface area contributed by atoms with Crippen molar-refractivity contribution >= 4 is 0 Å². The lowest BCUT2D eigenvalue weighted by molar-refractivity contribution is 0.0209. The molecule has 3 rings (SSSR count). The molecule has 122 valence electrons. The van der Waals surface area contributed by atoms with Crippen LogP contribution in [0.4, 0.5) is 0 Å². The molecule has 2 aliphatic rings. The van der Waals surface area contributed by atoms with Gasteiger partial charge in [-0.15, -0.1) is 0 Å². The minimum atomic E-state index is -0.420. The van der Waals surface area contributed by atoms with Crippen LogP contribution in [-0.2, 0) is 12.8 Å². The lowest BCUT2D eigenvalue weighted by Gasteiger charge is -2.40. The van der Waals surface area contributed by atoms with Gasteiger partial charge in [0.25, 0.3) is 0 Å². The molecule has 3 atom stereocenters. The molecular formula is C19H29NO2. The molecule has 3 nitrogen and oxygen atoms in total. The molecule has 22 heavy (non-hydrogen) atoms. The highest BCUT2D eigenvalue weighted by molar-refractivity contribution is 5.38. The maximum absolute atomic E-state index is 10.3. The molecule has 1 saturated heterocycles. The molecule has 0 spiro atoms. The molecule has 1 heterocycles. The molecule has 1 aliphatic carbocycles. The Balaban J connectivity index is 1.50. The van der Waals surface area contributed by atoms with Crippen LogP contribution in [0.5, 0.6) is 5.75 Å². The summed E-state index contributed by atoms with van der Waals surface area (Å²) in [5, 5.41) is 10.3. The van der Waals surface area contributed by atoms with E-state index in [0.717, 1.165) is 12.2 Å². The number of likely N-dealkylation sites (tertiary alicyclic amines) is 1. The van der Waals surface area contributed by atoms with Crippen molar-refractivity contribution in [3.8, 4) is 5.75 Å². The van der Waals surface area contributed by atoms with E-state index < -0.39 is 6.10 Å². The summed E-state index contributed by atoms with van der Waals surface area (Å²) in [6.45, 7) is 5.63. The molecule has 0 aromatic heterocycles. The van der Waals surface area contributed by atoms with Crippen molar-refractivity contribution < 1.29 is 9.84 Å². The van der Waals surface area contributed by atoms with Gasteiger partial charge in [0, 0.05) is 18.6 Å². The Morgan fingerprint density at radius 2 is 1.86 bits per heavy atom. The Morgan fingerprint density at radius 3 is 2.64 bits per heavy atom. The third-order valence-electron chi connectivity index (χ3n) is 5.31. The van der Waals surface area contributed by atoms with Crippen molar-refractivity contribution in [2.75, 3.05) is 13.2 Å². The van der Waals surface area contributed by atoms with Crippen LogP contribution in [0, 0.1) is 0 Å². The van der Waals surface area contributed by atoms with Gasteiger partial charge in [0.2, 0.25) is 0 Å². The van der Waals surface area contributed by atoms with Gasteiger partial charge in [-0.05, 0) is 69.2 Å². The van der Waals surface area contributed by atoms with E-state index >= 15 is 0 Å². The van der Waals surface area contributed by atoms with E-state index in [1.807, 2.05) is 6.07 Å². The molecule has 1 aromatic rings. The molecule has 1 aromatic carbocycles. The number of piperidine rings is 1. The fourth-order valence-corrected chi connectivity index (χ4v) is 3.96. The van der Waals surface area contributed by atoms with Gasteiger partial charge in [0.15, 0.2) is 0 Å². The van der Waals surface area contributed by atoms with E-state index in [1.165, 1.54) is 43.2 Å². The summed E-state index contributed by atoms with van der Waals surface area (Å²) in [5.74, 6) is 0.902. The zero-order valence-corrected chi connectivity index (χ0v) is 13.9. The molecule has 0 radical (unpaired) electrons. The molecular weight excluding hydrogens is 274 g/mol. The van der Waals surface area contributed by atoms with Gasteiger partial charge in [0.1, 0.15) is 18.5 Å². The Morgan fingerprint density at radius 1 is 1.14 bits per heavy atom. The normalized spacial score (nSPS) is 26.7. The van der Waals surface area contributed by atoms with E-state index in [9.17, 15) is 5.11 Å². The maximum Gasteiger partial charge on any atom is 0.119 e. The molecule has 0 unspecified atom stereocenters. The number of aliphatic hydroxyl groups excluding tert-OH is 1. The number of ether oxygens (including phenoxy) is 1. The third kappa shape index (κ3) is 3.64. The highest BCUT2D eigenvalue weighted by Gasteiger charge is 2.26. The number of nitrogens with zero attached hydrogens (tertiary/aromatic N) is 1. The Bertz CT molecular complexity index is 492. The number of β-amino-alcohol motifs (C(OH)–C–C–N with tert-alkyl or cyclic N) is 1. The second kappa shape index (κ2) is 7.01. The lowest BCUT2D eigenvalue weighted by Crippen LogP contribution is -2.48. The number of aliphatic hydroxyl groups is 1. The van der Waals surface area contributed by atoms with E-state index in [0.29, 0.717) is 25.2 Å². The first kappa shape index (κ1) is 15.8. The quantitative estimate of drug-likeness (QED) is 0.907. The van der Waals surface area contributed by atoms with Crippen LogP contribution in [-0.4, -0.2) is 41.3 Å². The van der Waals surface area contributed by atoms with Gasteiger partial charge in [-0.25, -0.2) is 0 Å². The number of aryl methyl sites for hydroxylation is 2. The molecule has 0 bridgehead atoms. The van der Waals surface area contributed by atoms with Gasteiger partial charge in [0.05, 0.1) is 0 Å². The van der Waals surface area contributed by atoms with Crippen molar-refractivity contribution in [3.05, 3.63) is 29.3 Å². The number of hydrogen-bond donors (Lipinski definition) is 1. The third-order valence-corrected chi connectivity index (χ3v) is 5.31. The fourth-order valence-electron chi connectivity index (χ4n) is 3.96. The number of rotatable bonds is 5.